The number of carbonyl (C=O) groups is 2. The molecular formula is C22H24N2O4. The number of carbonyl (C=O) groups excluding carboxylic acids is 2. The van der Waals surface area contributed by atoms with Crippen molar-refractivity contribution >= 4 is 28.8 Å². The summed E-state index contributed by atoms with van der Waals surface area (Å²) in [5.74, 6) is 1.08. The highest BCUT2D eigenvalue weighted by atomic mass is 16.5. The summed E-state index contributed by atoms with van der Waals surface area (Å²) < 4.78 is 10.9. The van der Waals surface area contributed by atoms with Gasteiger partial charge in [-0.2, -0.15) is 0 Å². The molecule has 28 heavy (non-hydrogen) atoms. The molecule has 2 aromatic carbocycles. The molecule has 3 amide bonds. The average molecular weight is 380 g/mol. The summed E-state index contributed by atoms with van der Waals surface area (Å²) in [5.41, 5.74) is 1.03. The third-order valence-electron chi connectivity index (χ3n) is 5.59. The average Bonchev–Trinajstić information content (AvgIpc) is 3.01. The van der Waals surface area contributed by atoms with Crippen LogP contribution in [-0.2, 0) is 4.79 Å². The molecule has 1 N–H and O–H groups in total. The van der Waals surface area contributed by atoms with Gasteiger partial charge < -0.3 is 14.8 Å². The molecule has 0 radical (unpaired) electrons. The van der Waals surface area contributed by atoms with Crippen molar-refractivity contribution in [3.8, 4) is 11.5 Å². The molecule has 1 saturated carbocycles. The molecule has 0 aromatic heterocycles. The number of nitrogens with zero attached hydrogens (tertiary/aromatic N) is 1. The molecule has 1 aliphatic heterocycles. The van der Waals surface area contributed by atoms with E-state index in [4.69, 9.17) is 9.47 Å². The normalized spacial score (nSPS) is 19.4. The maximum absolute atomic E-state index is 13.0. The first-order chi connectivity index (χ1) is 13.6. The molecule has 6 nitrogen and oxygen atoms in total. The molecular weight excluding hydrogens is 356 g/mol. The number of hydrogen-bond acceptors (Lipinski definition) is 4. The van der Waals surface area contributed by atoms with E-state index >= 15 is 0 Å². The van der Waals surface area contributed by atoms with Crippen molar-refractivity contribution in [2.45, 2.75) is 38.1 Å². The van der Waals surface area contributed by atoms with Crippen LogP contribution in [0.5, 0.6) is 11.5 Å². The van der Waals surface area contributed by atoms with E-state index in [0.29, 0.717) is 11.5 Å². The fraction of sp³-hybridized carbons (Fsp3) is 0.364. The lowest BCUT2D eigenvalue weighted by atomic mass is 9.94. The molecule has 1 heterocycles. The number of hydrogen-bond donors (Lipinski definition) is 1. The van der Waals surface area contributed by atoms with E-state index in [2.05, 4.69) is 5.32 Å². The van der Waals surface area contributed by atoms with E-state index < -0.39 is 0 Å². The van der Waals surface area contributed by atoms with Gasteiger partial charge in [0.1, 0.15) is 17.2 Å². The van der Waals surface area contributed by atoms with Gasteiger partial charge in [-0.15, -0.1) is 0 Å². The number of amides is 3. The Labute approximate surface area is 164 Å². The van der Waals surface area contributed by atoms with E-state index in [1.807, 2.05) is 30.3 Å². The quantitative estimate of drug-likeness (QED) is 0.641. The van der Waals surface area contributed by atoms with Gasteiger partial charge in [-0.1, -0.05) is 31.4 Å². The second kappa shape index (κ2) is 7.54. The number of imide groups is 1. The van der Waals surface area contributed by atoms with Gasteiger partial charge >= 0.3 is 6.03 Å². The van der Waals surface area contributed by atoms with Gasteiger partial charge in [-0.3, -0.25) is 9.69 Å². The standard InChI is InChI=1S/C22H24N2O4/c1-27-16-10-8-14-9-11-20(28-2)18(17(14)12-16)13-19-21(25)24(22(26)23-19)15-6-4-3-5-7-15/h8-13,15H,3-7H2,1-2H3,(H,23,26)/b19-13-. The summed E-state index contributed by atoms with van der Waals surface area (Å²) >= 11 is 0. The zero-order valence-corrected chi connectivity index (χ0v) is 16.2. The summed E-state index contributed by atoms with van der Waals surface area (Å²) in [7, 11) is 3.20. The lowest BCUT2D eigenvalue weighted by Crippen LogP contribution is -2.41. The Morgan fingerprint density at radius 3 is 2.50 bits per heavy atom. The highest BCUT2D eigenvalue weighted by molar-refractivity contribution is 6.15. The predicted molar refractivity (Wildman–Crippen MR) is 107 cm³/mol. The van der Waals surface area contributed by atoms with E-state index in [9.17, 15) is 9.59 Å². The number of benzene rings is 2. The van der Waals surface area contributed by atoms with Crippen LogP contribution in [-0.4, -0.2) is 37.1 Å². The van der Waals surface area contributed by atoms with Gasteiger partial charge in [0.15, 0.2) is 0 Å². The van der Waals surface area contributed by atoms with Crippen LogP contribution in [0.15, 0.2) is 36.0 Å². The Hall–Kier alpha value is -3.02. The smallest absolute Gasteiger partial charge is 0.329 e. The van der Waals surface area contributed by atoms with Gasteiger partial charge in [0, 0.05) is 11.6 Å². The van der Waals surface area contributed by atoms with Gasteiger partial charge in [-0.25, -0.2) is 4.79 Å². The second-order valence-corrected chi connectivity index (χ2v) is 7.22. The largest absolute Gasteiger partial charge is 0.497 e. The minimum absolute atomic E-state index is 0.0124. The van der Waals surface area contributed by atoms with Crippen LogP contribution in [0, 0.1) is 0 Å². The maximum atomic E-state index is 13.0. The molecule has 2 fully saturated rings. The second-order valence-electron chi connectivity index (χ2n) is 7.22. The fourth-order valence-electron chi connectivity index (χ4n) is 4.12. The van der Waals surface area contributed by atoms with Crippen LogP contribution in [0.1, 0.15) is 37.7 Å². The summed E-state index contributed by atoms with van der Waals surface area (Å²) in [6, 6.07) is 9.23. The number of rotatable bonds is 4. The minimum Gasteiger partial charge on any atom is -0.497 e. The Balaban J connectivity index is 1.76. The highest BCUT2D eigenvalue weighted by Gasteiger charge is 2.39. The molecule has 2 aromatic rings. The monoisotopic (exact) mass is 380 g/mol. The van der Waals surface area contributed by atoms with Crippen LogP contribution in [0.2, 0.25) is 0 Å². The third-order valence-corrected chi connectivity index (χ3v) is 5.59. The van der Waals surface area contributed by atoms with Crippen molar-refractivity contribution in [2.75, 3.05) is 14.2 Å². The summed E-state index contributed by atoms with van der Waals surface area (Å²) in [4.78, 5) is 26.9. The molecule has 1 saturated heterocycles. The Morgan fingerprint density at radius 1 is 1.04 bits per heavy atom. The van der Waals surface area contributed by atoms with Crippen LogP contribution in [0.3, 0.4) is 0 Å². The third kappa shape index (κ3) is 3.19. The summed E-state index contributed by atoms with van der Waals surface area (Å²) in [6.45, 7) is 0. The first kappa shape index (κ1) is 18.3. The van der Waals surface area contributed by atoms with Crippen molar-refractivity contribution in [3.63, 3.8) is 0 Å². The van der Waals surface area contributed by atoms with Gasteiger partial charge in [-0.05, 0) is 47.9 Å². The van der Waals surface area contributed by atoms with Gasteiger partial charge in [0.2, 0.25) is 0 Å². The van der Waals surface area contributed by atoms with Crippen LogP contribution >= 0.6 is 0 Å². The zero-order chi connectivity index (χ0) is 19.7. The molecule has 4 rings (SSSR count). The molecule has 1 aliphatic carbocycles. The van der Waals surface area contributed by atoms with Crippen molar-refractivity contribution in [2.24, 2.45) is 0 Å². The highest BCUT2D eigenvalue weighted by Crippen LogP contribution is 2.34. The first-order valence-corrected chi connectivity index (χ1v) is 9.63. The summed E-state index contributed by atoms with van der Waals surface area (Å²) in [6.07, 6.45) is 6.74. The maximum Gasteiger partial charge on any atom is 0.329 e. The number of fused-ring (bicyclic) bond motifs is 1. The van der Waals surface area contributed by atoms with E-state index in [-0.39, 0.29) is 23.7 Å². The van der Waals surface area contributed by atoms with E-state index in [1.165, 1.54) is 4.90 Å². The SMILES string of the molecule is COc1ccc2ccc(OC)c(/C=C3\NC(=O)N(C4CCCCC4)C3=O)c2c1. The lowest BCUT2D eigenvalue weighted by Gasteiger charge is -2.28. The van der Waals surface area contributed by atoms with Crippen LogP contribution in [0.4, 0.5) is 4.79 Å². The minimum atomic E-state index is -0.333. The van der Waals surface area contributed by atoms with Gasteiger partial charge in [0.25, 0.3) is 5.91 Å². The first-order valence-electron chi connectivity index (χ1n) is 9.63. The number of ether oxygens (including phenoxy) is 2. The van der Waals surface area contributed by atoms with Gasteiger partial charge in [0.05, 0.1) is 14.2 Å². The van der Waals surface area contributed by atoms with Crippen molar-refractivity contribution < 1.29 is 19.1 Å². The van der Waals surface area contributed by atoms with E-state index in [0.717, 1.165) is 48.4 Å². The Bertz CT molecular complexity index is 955. The van der Waals surface area contributed by atoms with Crippen molar-refractivity contribution in [1.82, 2.24) is 10.2 Å². The topological polar surface area (TPSA) is 67.9 Å². The molecule has 0 spiro atoms. The van der Waals surface area contributed by atoms with E-state index in [1.54, 1.807) is 20.3 Å². The number of urea groups is 1. The Morgan fingerprint density at radius 2 is 1.79 bits per heavy atom. The lowest BCUT2D eigenvalue weighted by molar-refractivity contribution is -0.124. The number of nitrogens with one attached hydrogen (secondary N) is 1. The zero-order valence-electron chi connectivity index (χ0n) is 16.2. The molecule has 0 atom stereocenters. The molecule has 6 heteroatoms. The summed E-state index contributed by atoms with van der Waals surface area (Å²) in [5, 5.41) is 4.64. The Kier molecular flexibility index (Phi) is 4.94. The van der Waals surface area contributed by atoms with Crippen LogP contribution < -0.4 is 14.8 Å². The van der Waals surface area contributed by atoms with Crippen LogP contribution in [0.25, 0.3) is 16.8 Å². The van der Waals surface area contributed by atoms with Crippen molar-refractivity contribution in [3.05, 3.63) is 41.6 Å². The molecule has 2 aliphatic rings. The van der Waals surface area contributed by atoms with Crippen molar-refractivity contribution in [1.29, 1.82) is 0 Å². The number of methoxy groups -OCH3 is 2. The molecule has 0 bridgehead atoms. The molecule has 146 valence electrons. The fourth-order valence-corrected chi connectivity index (χ4v) is 4.12. The predicted octanol–water partition coefficient (Wildman–Crippen LogP) is 4.08. The molecule has 0 unspecified atom stereocenters.